The number of nitrogens with one attached hydrogen (secondary N) is 1. The molecule has 7 nitrogen and oxygen atoms in total. The second kappa shape index (κ2) is 7.00. The van der Waals surface area contributed by atoms with Crippen molar-refractivity contribution in [2.45, 2.75) is 34.2 Å². The number of nitro benzene ring substituents is 1. The predicted molar refractivity (Wildman–Crippen MR) is 92.3 cm³/mol. The third kappa shape index (κ3) is 3.73. The molecule has 1 unspecified atom stereocenters. The molecule has 0 bridgehead atoms. The van der Waals surface area contributed by atoms with Crippen LogP contribution >= 0.6 is 11.6 Å². The smallest absolute Gasteiger partial charge is 0.293 e. The Kier molecular flexibility index (Phi) is 5.23. The Morgan fingerprint density at radius 2 is 2.08 bits per heavy atom. The minimum atomic E-state index is -0.506. The van der Waals surface area contributed by atoms with Gasteiger partial charge in [0.1, 0.15) is 5.69 Å². The first-order chi connectivity index (χ1) is 11.2. The lowest BCUT2D eigenvalue weighted by Crippen LogP contribution is -2.25. The van der Waals surface area contributed by atoms with Crippen LogP contribution in [0.5, 0.6) is 0 Å². The van der Waals surface area contributed by atoms with Gasteiger partial charge in [-0.25, -0.2) is 0 Å². The van der Waals surface area contributed by atoms with Crippen LogP contribution in [0.1, 0.15) is 23.9 Å². The van der Waals surface area contributed by atoms with Gasteiger partial charge in [0.2, 0.25) is 5.91 Å². The summed E-state index contributed by atoms with van der Waals surface area (Å²) in [5.74, 6) is -0.745. The molecular weight excluding hydrogens is 332 g/mol. The molecule has 1 N–H and O–H groups in total. The summed E-state index contributed by atoms with van der Waals surface area (Å²) < 4.78 is 1.67. The molecule has 0 spiro atoms. The Morgan fingerprint density at radius 1 is 1.42 bits per heavy atom. The van der Waals surface area contributed by atoms with Crippen LogP contribution in [0.15, 0.2) is 18.2 Å². The Balaban J connectivity index is 2.15. The number of amides is 1. The zero-order valence-corrected chi connectivity index (χ0v) is 14.7. The average Bonchev–Trinajstić information content (AvgIpc) is 2.76. The SMILES string of the molecule is Cc1ccc(NC(=O)C(C)Cn2nc(C)c(Cl)c2C)c([N+](=O)[O-])c1. The number of hydrogen-bond donors (Lipinski definition) is 1. The van der Waals surface area contributed by atoms with E-state index in [1.165, 1.54) is 12.1 Å². The molecule has 0 fully saturated rings. The van der Waals surface area contributed by atoms with Crippen LogP contribution < -0.4 is 5.32 Å². The maximum atomic E-state index is 12.4. The Labute approximate surface area is 144 Å². The highest BCUT2D eigenvalue weighted by Gasteiger charge is 2.21. The van der Waals surface area contributed by atoms with Gasteiger partial charge in [0, 0.05) is 6.07 Å². The van der Waals surface area contributed by atoms with Gasteiger partial charge in [-0.2, -0.15) is 5.10 Å². The molecule has 0 saturated carbocycles. The van der Waals surface area contributed by atoms with Crippen LogP contribution in [-0.4, -0.2) is 20.6 Å². The summed E-state index contributed by atoms with van der Waals surface area (Å²) in [7, 11) is 0. The minimum absolute atomic E-state index is 0.121. The fourth-order valence-electron chi connectivity index (χ4n) is 2.35. The fraction of sp³-hybridized carbons (Fsp3) is 0.375. The highest BCUT2D eigenvalue weighted by Crippen LogP contribution is 2.26. The summed E-state index contributed by atoms with van der Waals surface area (Å²) in [6.07, 6.45) is 0. The topological polar surface area (TPSA) is 90.1 Å². The van der Waals surface area contributed by atoms with Crippen molar-refractivity contribution in [3.63, 3.8) is 0 Å². The number of nitro groups is 1. The highest BCUT2D eigenvalue weighted by molar-refractivity contribution is 6.31. The van der Waals surface area contributed by atoms with Gasteiger partial charge in [-0.3, -0.25) is 19.6 Å². The molecule has 0 aliphatic heterocycles. The normalized spacial score (nSPS) is 12.0. The van der Waals surface area contributed by atoms with Crippen LogP contribution in [0.3, 0.4) is 0 Å². The third-order valence-corrected chi connectivity index (χ3v) is 4.34. The number of nitrogens with zero attached hydrogens (tertiary/aromatic N) is 3. The molecule has 2 rings (SSSR count). The molecule has 1 aromatic carbocycles. The van der Waals surface area contributed by atoms with Gasteiger partial charge in [-0.05, 0) is 32.4 Å². The van der Waals surface area contributed by atoms with Crippen molar-refractivity contribution in [1.82, 2.24) is 9.78 Å². The first-order valence-corrected chi connectivity index (χ1v) is 7.84. The number of halogens is 1. The lowest BCUT2D eigenvalue weighted by molar-refractivity contribution is -0.384. The van der Waals surface area contributed by atoms with E-state index in [0.717, 1.165) is 11.3 Å². The summed E-state index contributed by atoms with van der Waals surface area (Å²) in [6, 6.07) is 4.69. The second-order valence-corrected chi connectivity index (χ2v) is 6.21. The summed E-state index contributed by atoms with van der Waals surface area (Å²) >= 11 is 6.10. The molecule has 24 heavy (non-hydrogen) atoms. The summed E-state index contributed by atoms with van der Waals surface area (Å²) in [6.45, 7) is 7.46. The number of aromatic nitrogens is 2. The molecule has 1 heterocycles. The number of hydrogen-bond acceptors (Lipinski definition) is 4. The van der Waals surface area contributed by atoms with Crippen LogP contribution in [0.2, 0.25) is 5.02 Å². The molecule has 8 heteroatoms. The lowest BCUT2D eigenvalue weighted by atomic mass is 10.1. The summed E-state index contributed by atoms with van der Waals surface area (Å²) in [5, 5.41) is 18.6. The van der Waals surface area contributed by atoms with Gasteiger partial charge >= 0.3 is 0 Å². The third-order valence-electron chi connectivity index (χ3n) is 3.80. The molecule has 0 radical (unpaired) electrons. The van der Waals surface area contributed by atoms with Crippen molar-refractivity contribution in [2.75, 3.05) is 5.32 Å². The van der Waals surface area contributed by atoms with E-state index >= 15 is 0 Å². The van der Waals surface area contributed by atoms with Gasteiger partial charge in [0.25, 0.3) is 5.69 Å². The van der Waals surface area contributed by atoms with Crippen molar-refractivity contribution < 1.29 is 9.72 Å². The van der Waals surface area contributed by atoms with E-state index in [4.69, 9.17) is 11.6 Å². The monoisotopic (exact) mass is 350 g/mol. The van der Waals surface area contributed by atoms with Gasteiger partial charge in [-0.1, -0.05) is 24.6 Å². The van der Waals surface area contributed by atoms with Gasteiger partial charge < -0.3 is 5.32 Å². The van der Waals surface area contributed by atoms with Crippen LogP contribution in [0.25, 0.3) is 0 Å². The van der Waals surface area contributed by atoms with E-state index in [1.54, 1.807) is 31.5 Å². The Morgan fingerprint density at radius 3 is 2.62 bits per heavy atom. The van der Waals surface area contributed by atoms with E-state index in [1.807, 2.05) is 6.92 Å². The molecule has 2 aromatic rings. The molecule has 0 aliphatic carbocycles. The van der Waals surface area contributed by atoms with E-state index in [2.05, 4.69) is 10.4 Å². The van der Waals surface area contributed by atoms with Crippen molar-refractivity contribution >= 4 is 28.9 Å². The standard InChI is InChI=1S/C16H19ClN4O3/c1-9-5-6-13(14(7-9)21(23)24)18-16(22)10(2)8-20-12(4)15(17)11(3)19-20/h5-7,10H,8H2,1-4H3,(H,18,22). The molecule has 1 amide bonds. The largest absolute Gasteiger partial charge is 0.320 e. The predicted octanol–water partition coefficient (Wildman–Crippen LogP) is 3.64. The van der Waals surface area contributed by atoms with Crippen molar-refractivity contribution in [2.24, 2.45) is 5.92 Å². The van der Waals surface area contributed by atoms with Gasteiger partial charge in [-0.15, -0.1) is 0 Å². The maximum absolute atomic E-state index is 12.4. The van der Waals surface area contributed by atoms with Gasteiger partial charge in [0.15, 0.2) is 0 Å². The Hall–Kier alpha value is -2.41. The van der Waals surface area contributed by atoms with Gasteiger partial charge in [0.05, 0.1) is 33.8 Å². The van der Waals surface area contributed by atoms with Crippen molar-refractivity contribution in [3.05, 3.63) is 50.3 Å². The minimum Gasteiger partial charge on any atom is -0.320 e. The zero-order chi connectivity index (χ0) is 18.0. The second-order valence-electron chi connectivity index (χ2n) is 5.83. The molecule has 128 valence electrons. The number of rotatable bonds is 5. The number of benzene rings is 1. The van der Waals surface area contributed by atoms with Crippen LogP contribution in [0, 0.1) is 36.8 Å². The summed E-state index contributed by atoms with van der Waals surface area (Å²) in [4.78, 5) is 23.0. The van der Waals surface area contributed by atoms with Crippen LogP contribution in [0.4, 0.5) is 11.4 Å². The van der Waals surface area contributed by atoms with E-state index in [-0.39, 0.29) is 17.3 Å². The number of carbonyl (C=O) groups excluding carboxylic acids is 1. The molecule has 1 aromatic heterocycles. The number of aryl methyl sites for hydroxylation is 2. The maximum Gasteiger partial charge on any atom is 0.293 e. The number of anilines is 1. The van der Waals surface area contributed by atoms with E-state index < -0.39 is 10.8 Å². The zero-order valence-electron chi connectivity index (χ0n) is 14.0. The quantitative estimate of drug-likeness (QED) is 0.658. The van der Waals surface area contributed by atoms with Crippen molar-refractivity contribution in [1.29, 1.82) is 0 Å². The Bertz CT molecular complexity index is 801. The molecule has 1 atom stereocenters. The fourth-order valence-corrected chi connectivity index (χ4v) is 2.48. The first-order valence-electron chi connectivity index (χ1n) is 7.46. The average molecular weight is 351 g/mol. The van der Waals surface area contributed by atoms with Crippen LogP contribution in [-0.2, 0) is 11.3 Å². The summed E-state index contributed by atoms with van der Waals surface area (Å²) in [5.41, 5.74) is 2.31. The highest BCUT2D eigenvalue weighted by atomic mass is 35.5. The van der Waals surface area contributed by atoms with Crippen molar-refractivity contribution in [3.8, 4) is 0 Å². The molecular formula is C16H19ClN4O3. The molecule has 0 saturated heterocycles. The molecule has 0 aliphatic rings. The number of carbonyl (C=O) groups is 1. The first kappa shape index (κ1) is 17.9. The van der Waals surface area contributed by atoms with E-state index in [0.29, 0.717) is 17.3 Å². The lowest BCUT2D eigenvalue weighted by Gasteiger charge is -2.14. The van der Waals surface area contributed by atoms with E-state index in [9.17, 15) is 14.9 Å².